The lowest BCUT2D eigenvalue weighted by Gasteiger charge is -2.29. The summed E-state index contributed by atoms with van der Waals surface area (Å²) in [5.41, 5.74) is 3.85. The van der Waals surface area contributed by atoms with E-state index in [2.05, 4.69) is 26.0 Å². The lowest BCUT2D eigenvalue weighted by Crippen LogP contribution is -2.25. The van der Waals surface area contributed by atoms with Gasteiger partial charge in [-0.15, -0.1) is 0 Å². The van der Waals surface area contributed by atoms with Gasteiger partial charge in [-0.3, -0.25) is 0 Å². The molecule has 2 rings (SSSR count). The molecule has 0 radical (unpaired) electrons. The third kappa shape index (κ3) is 2.39. The Kier molecular flexibility index (Phi) is 3.96. The number of methoxy groups -OCH3 is 1. The number of fused-ring (bicyclic) bond motifs is 1. The van der Waals surface area contributed by atoms with Gasteiger partial charge in [0.1, 0.15) is 5.75 Å². The molecule has 1 aliphatic rings. The predicted octanol–water partition coefficient (Wildman–Crippen LogP) is 3.23. The first-order chi connectivity index (χ1) is 8.60. The molecule has 0 aliphatic heterocycles. The lowest BCUT2D eigenvalue weighted by molar-refractivity contribution is 0.214. The summed E-state index contributed by atoms with van der Waals surface area (Å²) in [4.78, 5) is 0. The first-order valence-electron chi connectivity index (χ1n) is 6.90. The van der Waals surface area contributed by atoms with Gasteiger partial charge in [0.25, 0.3) is 0 Å². The summed E-state index contributed by atoms with van der Waals surface area (Å²) >= 11 is 0. The molecule has 0 heterocycles. The molecule has 0 atom stereocenters. The quantitative estimate of drug-likeness (QED) is 0.832. The second-order valence-electron chi connectivity index (χ2n) is 5.88. The Morgan fingerprint density at radius 3 is 2.56 bits per heavy atom. The summed E-state index contributed by atoms with van der Waals surface area (Å²) in [5.74, 6) is 0.926. The van der Waals surface area contributed by atoms with E-state index in [0.717, 1.165) is 18.6 Å². The van der Waals surface area contributed by atoms with Crippen LogP contribution in [0.25, 0.3) is 0 Å². The maximum absolute atomic E-state index is 9.68. The van der Waals surface area contributed by atoms with Crippen molar-refractivity contribution in [2.45, 2.75) is 51.4 Å². The fourth-order valence-electron chi connectivity index (χ4n) is 2.97. The molecule has 1 aliphatic carbocycles. The number of ether oxygens (including phenoxy) is 1. The first kappa shape index (κ1) is 13.4. The van der Waals surface area contributed by atoms with Crippen molar-refractivity contribution in [2.24, 2.45) is 0 Å². The fourth-order valence-corrected chi connectivity index (χ4v) is 2.97. The number of hydrogen-bond donors (Lipinski definition) is 1. The number of rotatable bonds is 3. The maximum Gasteiger partial charge on any atom is 0.122 e. The van der Waals surface area contributed by atoms with Gasteiger partial charge < -0.3 is 9.84 Å². The molecular weight excluding hydrogens is 224 g/mol. The molecule has 1 aromatic carbocycles. The number of benzene rings is 1. The highest BCUT2D eigenvalue weighted by Crippen LogP contribution is 2.38. The molecule has 0 fully saturated rings. The van der Waals surface area contributed by atoms with Crippen LogP contribution in [-0.4, -0.2) is 18.8 Å². The van der Waals surface area contributed by atoms with Gasteiger partial charge in [-0.25, -0.2) is 0 Å². The Balaban J connectivity index is 2.59. The molecule has 0 spiro atoms. The van der Waals surface area contributed by atoms with Gasteiger partial charge in [-0.2, -0.15) is 0 Å². The second kappa shape index (κ2) is 5.31. The molecule has 2 nitrogen and oxygen atoms in total. The van der Waals surface area contributed by atoms with Crippen LogP contribution in [0.15, 0.2) is 12.1 Å². The molecule has 2 heteroatoms. The third-order valence-corrected chi connectivity index (χ3v) is 4.04. The topological polar surface area (TPSA) is 29.5 Å². The Bertz CT molecular complexity index is 421. The largest absolute Gasteiger partial charge is 0.496 e. The normalized spacial score (nSPS) is 16.0. The molecule has 1 aromatic rings. The number of aliphatic hydroxyl groups is 1. The molecule has 0 saturated heterocycles. The van der Waals surface area contributed by atoms with Crippen molar-refractivity contribution in [3.8, 4) is 5.75 Å². The van der Waals surface area contributed by atoms with Crippen molar-refractivity contribution in [2.75, 3.05) is 13.7 Å². The molecule has 0 amide bonds. The lowest BCUT2D eigenvalue weighted by atomic mass is 9.79. The summed E-state index contributed by atoms with van der Waals surface area (Å²) in [7, 11) is 1.72. The third-order valence-electron chi connectivity index (χ3n) is 4.04. The molecular formula is C16H24O2. The summed E-state index contributed by atoms with van der Waals surface area (Å²) < 4.78 is 5.53. The van der Waals surface area contributed by atoms with Gasteiger partial charge in [-0.1, -0.05) is 26.3 Å². The summed E-state index contributed by atoms with van der Waals surface area (Å²) in [6.45, 7) is 4.34. The van der Waals surface area contributed by atoms with Crippen LogP contribution in [0.3, 0.4) is 0 Å². The minimum absolute atomic E-state index is 0.153. The van der Waals surface area contributed by atoms with Crippen molar-refractivity contribution < 1.29 is 9.84 Å². The number of aryl methyl sites for hydroxylation is 1. The van der Waals surface area contributed by atoms with Crippen LogP contribution < -0.4 is 4.74 Å². The van der Waals surface area contributed by atoms with Gasteiger partial charge in [0.2, 0.25) is 0 Å². The highest BCUT2D eigenvalue weighted by molar-refractivity contribution is 5.50. The second-order valence-corrected chi connectivity index (χ2v) is 5.88. The summed E-state index contributed by atoms with van der Waals surface area (Å²) in [6.07, 6.45) is 6.10. The number of hydrogen-bond acceptors (Lipinski definition) is 2. The fraction of sp³-hybridized carbons (Fsp3) is 0.625. The minimum Gasteiger partial charge on any atom is -0.496 e. The Morgan fingerprint density at radius 2 is 1.89 bits per heavy atom. The zero-order valence-corrected chi connectivity index (χ0v) is 11.8. The smallest absolute Gasteiger partial charge is 0.122 e. The molecule has 100 valence electrons. The zero-order valence-electron chi connectivity index (χ0n) is 11.8. The Morgan fingerprint density at radius 1 is 1.17 bits per heavy atom. The molecule has 0 unspecified atom stereocenters. The van der Waals surface area contributed by atoms with Crippen LogP contribution in [0.5, 0.6) is 5.75 Å². The van der Waals surface area contributed by atoms with Crippen molar-refractivity contribution >= 4 is 0 Å². The highest BCUT2D eigenvalue weighted by atomic mass is 16.5. The molecule has 18 heavy (non-hydrogen) atoms. The monoisotopic (exact) mass is 248 g/mol. The van der Waals surface area contributed by atoms with Gasteiger partial charge in [0.15, 0.2) is 0 Å². The predicted molar refractivity (Wildman–Crippen MR) is 74.4 cm³/mol. The Hall–Kier alpha value is -1.02. The number of aliphatic hydroxyl groups excluding tert-OH is 1. The van der Waals surface area contributed by atoms with Crippen LogP contribution in [0.1, 0.15) is 49.8 Å². The molecule has 0 saturated carbocycles. The molecule has 1 N–H and O–H groups in total. The van der Waals surface area contributed by atoms with E-state index >= 15 is 0 Å². The van der Waals surface area contributed by atoms with E-state index in [4.69, 9.17) is 4.74 Å². The van der Waals surface area contributed by atoms with Crippen LogP contribution in [0.2, 0.25) is 0 Å². The van der Waals surface area contributed by atoms with E-state index in [1.54, 1.807) is 7.11 Å². The van der Waals surface area contributed by atoms with E-state index < -0.39 is 0 Å². The van der Waals surface area contributed by atoms with Crippen molar-refractivity contribution in [3.63, 3.8) is 0 Å². The van der Waals surface area contributed by atoms with Crippen LogP contribution >= 0.6 is 0 Å². The van der Waals surface area contributed by atoms with E-state index in [1.165, 1.54) is 36.0 Å². The average molecular weight is 248 g/mol. The van der Waals surface area contributed by atoms with Gasteiger partial charge in [-0.05, 0) is 42.9 Å². The molecule has 0 aromatic heterocycles. The zero-order chi connectivity index (χ0) is 13.2. The summed E-state index contributed by atoms with van der Waals surface area (Å²) in [6, 6.07) is 4.27. The van der Waals surface area contributed by atoms with E-state index in [-0.39, 0.29) is 12.0 Å². The van der Waals surface area contributed by atoms with E-state index in [9.17, 15) is 5.11 Å². The van der Waals surface area contributed by atoms with Crippen molar-refractivity contribution in [3.05, 3.63) is 28.8 Å². The standard InChI is InChI=1S/C16H24O2/c1-16(2,11-17)15-13-8-6-4-5-7-12(13)9-10-14(15)18-3/h9-10,17H,4-8,11H2,1-3H3. The van der Waals surface area contributed by atoms with Crippen molar-refractivity contribution in [1.82, 2.24) is 0 Å². The van der Waals surface area contributed by atoms with E-state index in [0.29, 0.717) is 0 Å². The molecule has 0 bridgehead atoms. The van der Waals surface area contributed by atoms with Gasteiger partial charge in [0, 0.05) is 11.0 Å². The van der Waals surface area contributed by atoms with E-state index in [1.807, 2.05) is 0 Å². The Labute approximate surface area is 110 Å². The van der Waals surface area contributed by atoms with Crippen LogP contribution in [0.4, 0.5) is 0 Å². The SMILES string of the molecule is COc1ccc2c(c1C(C)(C)CO)CCCCC2. The highest BCUT2D eigenvalue weighted by Gasteiger charge is 2.28. The van der Waals surface area contributed by atoms with Crippen LogP contribution in [0, 0.1) is 0 Å². The van der Waals surface area contributed by atoms with Crippen LogP contribution in [-0.2, 0) is 18.3 Å². The van der Waals surface area contributed by atoms with Gasteiger partial charge in [0.05, 0.1) is 13.7 Å². The summed E-state index contributed by atoms with van der Waals surface area (Å²) in [5, 5.41) is 9.68. The van der Waals surface area contributed by atoms with Gasteiger partial charge >= 0.3 is 0 Å². The maximum atomic E-state index is 9.68. The van der Waals surface area contributed by atoms with Crippen molar-refractivity contribution in [1.29, 1.82) is 0 Å². The average Bonchev–Trinajstić information content (AvgIpc) is 2.62. The minimum atomic E-state index is -0.235. The first-order valence-corrected chi connectivity index (χ1v) is 6.90.